The minimum atomic E-state index is 0.746. The van der Waals surface area contributed by atoms with Crippen molar-refractivity contribution in [3.63, 3.8) is 0 Å². The van der Waals surface area contributed by atoms with Gasteiger partial charge in [0.15, 0.2) is 0 Å². The van der Waals surface area contributed by atoms with Gasteiger partial charge >= 0.3 is 0 Å². The van der Waals surface area contributed by atoms with Crippen LogP contribution in [0.1, 0.15) is 27.9 Å². The molecule has 0 spiro atoms. The van der Waals surface area contributed by atoms with Gasteiger partial charge in [-0.25, -0.2) is 0 Å². The highest BCUT2D eigenvalue weighted by molar-refractivity contribution is 5.41. The van der Waals surface area contributed by atoms with Crippen LogP contribution in [0.5, 0.6) is 5.75 Å². The lowest BCUT2D eigenvalue weighted by Crippen LogP contribution is -2.15. The summed E-state index contributed by atoms with van der Waals surface area (Å²) in [4.78, 5) is 4.49. The van der Waals surface area contributed by atoms with Crippen molar-refractivity contribution >= 4 is 0 Å². The van der Waals surface area contributed by atoms with Crippen LogP contribution in [0, 0.1) is 20.8 Å². The first kappa shape index (κ1) is 14.5. The van der Waals surface area contributed by atoms with Gasteiger partial charge in [0.1, 0.15) is 5.75 Å². The van der Waals surface area contributed by atoms with Gasteiger partial charge in [-0.1, -0.05) is 29.8 Å². The quantitative estimate of drug-likeness (QED) is 0.905. The van der Waals surface area contributed by atoms with Crippen molar-refractivity contribution in [3.8, 4) is 5.75 Å². The van der Waals surface area contributed by atoms with Crippen LogP contribution in [-0.4, -0.2) is 12.1 Å². The summed E-state index contributed by atoms with van der Waals surface area (Å²) in [6.07, 6.45) is 1.87. The van der Waals surface area contributed by atoms with Crippen LogP contribution in [0.3, 0.4) is 0 Å². The number of ether oxygens (including phenoxy) is 1. The fraction of sp³-hybridized carbons (Fsp3) is 0.353. The normalized spacial score (nSPS) is 10.6. The summed E-state index contributed by atoms with van der Waals surface area (Å²) in [5.41, 5.74) is 5.81. The zero-order valence-corrected chi connectivity index (χ0v) is 12.7. The van der Waals surface area contributed by atoms with Crippen molar-refractivity contribution in [3.05, 3.63) is 58.4 Å². The molecular formula is C17H22N2O. The molecule has 0 amide bonds. The van der Waals surface area contributed by atoms with Crippen LogP contribution >= 0.6 is 0 Å². The maximum absolute atomic E-state index is 5.43. The minimum absolute atomic E-state index is 0.746. The molecule has 0 aliphatic rings. The number of hydrogen-bond acceptors (Lipinski definition) is 3. The van der Waals surface area contributed by atoms with E-state index >= 15 is 0 Å². The fourth-order valence-corrected chi connectivity index (χ4v) is 2.40. The van der Waals surface area contributed by atoms with Crippen molar-refractivity contribution in [2.45, 2.75) is 33.9 Å². The van der Waals surface area contributed by atoms with Gasteiger partial charge < -0.3 is 10.1 Å². The third-order valence-electron chi connectivity index (χ3n) is 3.45. The Labute approximate surface area is 121 Å². The Balaban J connectivity index is 2.01. The van der Waals surface area contributed by atoms with Gasteiger partial charge in [0.05, 0.1) is 12.8 Å². The molecule has 0 bridgehead atoms. The summed E-state index contributed by atoms with van der Waals surface area (Å²) >= 11 is 0. The average molecular weight is 270 g/mol. The number of aromatic nitrogens is 1. The third-order valence-corrected chi connectivity index (χ3v) is 3.45. The molecule has 1 heterocycles. The smallest absolute Gasteiger partial charge is 0.128 e. The topological polar surface area (TPSA) is 34.1 Å². The Hall–Kier alpha value is -1.87. The SMILES string of the molecule is COc1c(C)cnc(CNCc2cccc(C)c2)c1C. The molecule has 1 aromatic carbocycles. The first-order valence-corrected chi connectivity index (χ1v) is 6.87. The Morgan fingerprint density at radius 2 is 1.95 bits per heavy atom. The number of nitrogens with zero attached hydrogens (tertiary/aromatic N) is 1. The van der Waals surface area contributed by atoms with Crippen molar-refractivity contribution in [1.82, 2.24) is 10.3 Å². The maximum atomic E-state index is 5.43. The van der Waals surface area contributed by atoms with Crippen LogP contribution in [0.4, 0.5) is 0 Å². The molecule has 0 saturated carbocycles. The molecular weight excluding hydrogens is 248 g/mol. The zero-order chi connectivity index (χ0) is 14.5. The second-order valence-corrected chi connectivity index (χ2v) is 5.14. The first-order valence-electron chi connectivity index (χ1n) is 6.87. The van der Waals surface area contributed by atoms with E-state index in [0.29, 0.717) is 0 Å². The molecule has 0 fully saturated rings. The molecule has 106 valence electrons. The highest BCUT2D eigenvalue weighted by Gasteiger charge is 2.08. The minimum Gasteiger partial charge on any atom is -0.496 e. The van der Waals surface area contributed by atoms with Crippen molar-refractivity contribution < 1.29 is 4.74 Å². The van der Waals surface area contributed by atoms with E-state index in [1.807, 2.05) is 13.1 Å². The van der Waals surface area contributed by atoms with E-state index < -0.39 is 0 Å². The first-order chi connectivity index (χ1) is 9.61. The largest absolute Gasteiger partial charge is 0.496 e. The van der Waals surface area contributed by atoms with E-state index in [4.69, 9.17) is 4.74 Å². The van der Waals surface area contributed by atoms with E-state index in [1.165, 1.54) is 11.1 Å². The van der Waals surface area contributed by atoms with Crippen molar-refractivity contribution in [1.29, 1.82) is 0 Å². The molecule has 2 rings (SSSR count). The molecule has 0 saturated heterocycles. The highest BCUT2D eigenvalue weighted by atomic mass is 16.5. The molecule has 0 radical (unpaired) electrons. The molecule has 0 atom stereocenters. The summed E-state index contributed by atoms with van der Waals surface area (Å²) < 4.78 is 5.43. The fourth-order valence-electron chi connectivity index (χ4n) is 2.40. The summed E-state index contributed by atoms with van der Waals surface area (Å²) in [5, 5.41) is 3.44. The second-order valence-electron chi connectivity index (χ2n) is 5.14. The molecule has 1 aromatic heterocycles. The Kier molecular flexibility index (Phi) is 4.74. The standard InChI is InChI=1S/C17H22N2O/c1-12-6-5-7-15(8-12)10-18-11-16-14(3)17(20-4)13(2)9-19-16/h5-9,18H,10-11H2,1-4H3. The van der Waals surface area contributed by atoms with Crippen molar-refractivity contribution in [2.75, 3.05) is 7.11 Å². The number of nitrogens with one attached hydrogen (secondary N) is 1. The molecule has 1 N–H and O–H groups in total. The number of hydrogen-bond donors (Lipinski definition) is 1. The lowest BCUT2D eigenvalue weighted by atomic mass is 10.1. The molecule has 3 heteroatoms. The summed E-state index contributed by atoms with van der Waals surface area (Å²) in [6.45, 7) is 7.78. The highest BCUT2D eigenvalue weighted by Crippen LogP contribution is 2.23. The van der Waals surface area contributed by atoms with Crippen LogP contribution in [-0.2, 0) is 13.1 Å². The molecule has 0 aliphatic carbocycles. The Bertz CT molecular complexity index is 594. The molecule has 2 aromatic rings. The maximum Gasteiger partial charge on any atom is 0.128 e. The van der Waals surface area contributed by atoms with E-state index in [-0.39, 0.29) is 0 Å². The van der Waals surface area contributed by atoms with Crippen LogP contribution in [0.25, 0.3) is 0 Å². The number of aryl methyl sites for hydroxylation is 2. The summed E-state index contributed by atoms with van der Waals surface area (Å²) in [7, 11) is 1.71. The van der Waals surface area contributed by atoms with E-state index in [1.54, 1.807) is 7.11 Å². The van der Waals surface area contributed by atoms with Gasteiger partial charge in [-0.2, -0.15) is 0 Å². The molecule has 0 unspecified atom stereocenters. The lowest BCUT2D eigenvalue weighted by Gasteiger charge is -2.13. The zero-order valence-electron chi connectivity index (χ0n) is 12.7. The number of pyridine rings is 1. The van der Waals surface area contributed by atoms with E-state index in [2.05, 4.69) is 48.4 Å². The average Bonchev–Trinajstić information content (AvgIpc) is 2.42. The van der Waals surface area contributed by atoms with Crippen LogP contribution in [0.2, 0.25) is 0 Å². The monoisotopic (exact) mass is 270 g/mol. The predicted octanol–water partition coefficient (Wildman–Crippen LogP) is 3.31. The van der Waals surface area contributed by atoms with Gasteiger partial charge in [0.2, 0.25) is 0 Å². The summed E-state index contributed by atoms with van der Waals surface area (Å²) in [5.74, 6) is 0.937. The van der Waals surface area contributed by atoms with Crippen LogP contribution < -0.4 is 10.1 Å². The van der Waals surface area contributed by atoms with E-state index in [0.717, 1.165) is 35.7 Å². The lowest BCUT2D eigenvalue weighted by molar-refractivity contribution is 0.406. The summed E-state index contributed by atoms with van der Waals surface area (Å²) in [6, 6.07) is 8.53. The van der Waals surface area contributed by atoms with Gasteiger partial charge in [-0.05, 0) is 26.3 Å². The van der Waals surface area contributed by atoms with Gasteiger partial charge in [-0.3, -0.25) is 4.98 Å². The van der Waals surface area contributed by atoms with Gasteiger partial charge in [0, 0.05) is 30.4 Å². The molecule has 0 aliphatic heterocycles. The van der Waals surface area contributed by atoms with Crippen molar-refractivity contribution in [2.24, 2.45) is 0 Å². The van der Waals surface area contributed by atoms with Crippen LogP contribution in [0.15, 0.2) is 30.5 Å². The van der Waals surface area contributed by atoms with E-state index in [9.17, 15) is 0 Å². The number of methoxy groups -OCH3 is 1. The number of benzene rings is 1. The van der Waals surface area contributed by atoms with Gasteiger partial charge in [0.25, 0.3) is 0 Å². The molecule has 20 heavy (non-hydrogen) atoms. The molecule has 3 nitrogen and oxygen atoms in total. The predicted molar refractivity (Wildman–Crippen MR) is 82.0 cm³/mol. The van der Waals surface area contributed by atoms with Gasteiger partial charge in [-0.15, -0.1) is 0 Å². The Morgan fingerprint density at radius 1 is 1.15 bits per heavy atom. The number of rotatable bonds is 5. The second kappa shape index (κ2) is 6.53. The Morgan fingerprint density at radius 3 is 2.65 bits per heavy atom. The third kappa shape index (κ3) is 3.36.